The van der Waals surface area contributed by atoms with Gasteiger partial charge in [-0.2, -0.15) is 4.98 Å². The molecule has 3 rings (SSSR count). The number of aromatic nitrogens is 2. The van der Waals surface area contributed by atoms with Crippen LogP contribution in [0.4, 0.5) is 4.39 Å². The molecule has 1 unspecified atom stereocenters. The van der Waals surface area contributed by atoms with Crippen LogP contribution in [-0.2, 0) is 4.79 Å². The minimum absolute atomic E-state index is 0.0471. The summed E-state index contributed by atoms with van der Waals surface area (Å²) in [6, 6.07) is 10.1. The average Bonchev–Trinajstić information content (AvgIpc) is 2.96. The van der Waals surface area contributed by atoms with Gasteiger partial charge in [0.25, 0.3) is 0 Å². The fourth-order valence-electron chi connectivity index (χ4n) is 2.15. The number of Topliss-reactive ketones (excluding diaryl/α,β-unsaturated/α-hetero) is 1. The van der Waals surface area contributed by atoms with Gasteiger partial charge in [-0.05, 0) is 31.4 Å². The first-order valence-electron chi connectivity index (χ1n) is 6.59. The minimum Gasteiger partial charge on any atom is -0.338 e. The van der Waals surface area contributed by atoms with Crippen LogP contribution < -0.4 is 0 Å². The summed E-state index contributed by atoms with van der Waals surface area (Å²) in [5.74, 6) is -0.164. The Balaban J connectivity index is 2.14. The van der Waals surface area contributed by atoms with Crippen molar-refractivity contribution >= 4 is 16.6 Å². The molecule has 0 fully saturated rings. The predicted molar refractivity (Wildman–Crippen MR) is 76.3 cm³/mol. The molecule has 0 amide bonds. The summed E-state index contributed by atoms with van der Waals surface area (Å²) in [6.45, 7) is 3.18. The Bertz CT molecular complexity index is 826. The van der Waals surface area contributed by atoms with Crippen molar-refractivity contribution < 1.29 is 13.7 Å². The Morgan fingerprint density at radius 1 is 1.19 bits per heavy atom. The highest BCUT2D eigenvalue weighted by Crippen LogP contribution is 2.29. The molecule has 2 aromatic carbocycles. The first kappa shape index (κ1) is 13.4. The second kappa shape index (κ2) is 5.09. The van der Waals surface area contributed by atoms with Gasteiger partial charge in [-0.3, -0.25) is 4.79 Å². The second-order valence-electron chi connectivity index (χ2n) is 4.93. The first-order valence-corrected chi connectivity index (χ1v) is 6.59. The fraction of sp³-hybridized carbons (Fsp3) is 0.188. The molecule has 0 aliphatic rings. The van der Waals surface area contributed by atoms with Crippen molar-refractivity contribution in [1.29, 1.82) is 0 Å². The lowest BCUT2D eigenvalue weighted by Gasteiger charge is -2.03. The highest BCUT2D eigenvalue weighted by Gasteiger charge is 2.20. The molecule has 1 atom stereocenters. The van der Waals surface area contributed by atoms with Crippen LogP contribution in [0.5, 0.6) is 0 Å². The van der Waals surface area contributed by atoms with Gasteiger partial charge < -0.3 is 4.52 Å². The van der Waals surface area contributed by atoms with Crippen molar-refractivity contribution in [3.63, 3.8) is 0 Å². The third-order valence-electron chi connectivity index (χ3n) is 3.53. The molecule has 5 heteroatoms. The molecule has 0 aliphatic heterocycles. The highest BCUT2D eigenvalue weighted by atomic mass is 19.1. The second-order valence-corrected chi connectivity index (χ2v) is 4.93. The third kappa shape index (κ3) is 2.31. The maximum Gasteiger partial charge on any atom is 0.237 e. The van der Waals surface area contributed by atoms with Crippen molar-refractivity contribution in [1.82, 2.24) is 10.1 Å². The average molecular weight is 284 g/mol. The van der Waals surface area contributed by atoms with E-state index in [2.05, 4.69) is 10.1 Å². The van der Waals surface area contributed by atoms with Gasteiger partial charge in [0.05, 0.1) is 5.92 Å². The number of nitrogens with zero attached hydrogens (tertiary/aromatic N) is 2. The number of fused-ring (bicyclic) bond motifs is 1. The zero-order valence-corrected chi connectivity index (χ0v) is 11.6. The quantitative estimate of drug-likeness (QED) is 0.735. The molecule has 1 heterocycles. The number of carbonyl (C=O) groups excluding carboxylic acids is 1. The van der Waals surface area contributed by atoms with Gasteiger partial charge in [0.15, 0.2) is 0 Å². The van der Waals surface area contributed by atoms with Crippen molar-refractivity contribution in [2.75, 3.05) is 0 Å². The lowest BCUT2D eigenvalue weighted by Crippen LogP contribution is -2.04. The molecular formula is C16H13FN2O2. The van der Waals surface area contributed by atoms with Gasteiger partial charge in [-0.1, -0.05) is 29.4 Å². The fourth-order valence-corrected chi connectivity index (χ4v) is 2.15. The minimum atomic E-state index is -0.446. The van der Waals surface area contributed by atoms with E-state index in [9.17, 15) is 9.18 Å². The number of hydrogen-bond acceptors (Lipinski definition) is 4. The van der Waals surface area contributed by atoms with E-state index in [1.165, 1.54) is 13.0 Å². The summed E-state index contributed by atoms with van der Waals surface area (Å²) in [6.07, 6.45) is 0. The van der Waals surface area contributed by atoms with Crippen LogP contribution in [0.25, 0.3) is 22.2 Å². The summed E-state index contributed by atoms with van der Waals surface area (Å²) < 4.78 is 19.0. The summed E-state index contributed by atoms with van der Waals surface area (Å²) in [4.78, 5) is 15.6. The van der Waals surface area contributed by atoms with E-state index in [0.29, 0.717) is 22.2 Å². The molecule has 0 aliphatic carbocycles. The van der Waals surface area contributed by atoms with Crippen LogP contribution in [0.15, 0.2) is 40.9 Å². The lowest BCUT2D eigenvalue weighted by atomic mass is 10.0. The topological polar surface area (TPSA) is 56.0 Å². The number of carbonyl (C=O) groups is 1. The number of rotatable bonds is 3. The summed E-state index contributed by atoms with van der Waals surface area (Å²) in [7, 11) is 0. The van der Waals surface area contributed by atoms with E-state index in [1.54, 1.807) is 31.2 Å². The van der Waals surface area contributed by atoms with E-state index < -0.39 is 5.92 Å². The molecular weight excluding hydrogens is 271 g/mol. The standard InChI is InChI=1S/C16H13FN2O2/c1-9(10(2)20)16-18-15(19-21-16)13-7-8-14(17)12-6-4-3-5-11(12)13/h3-9H,1-2H3. The largest absolute Gasteiger partial charge is 0.338 e. The van der Waals surface area contributed by atoms with Crippen molar-refractivity contribution in [3.8, 4) is 11.4 Å². The van der Waals surface area contributed by atoms with E-state index in [-0.39, 0.29) is 17.5 Å². The van der Waals surface area contributed by atoms with Crippen LogP contribution in [0.1, 0.15) is 25.7 Å². The maximum atomic E-state index is 13.8. The molecule has 0 N–H and O–H groups in total. The molecule has 1 aromatic heterocycles. The Morgan fingerprint density at radius 2 is 1.90 bits per heavy atom. The molecule has 0 bridgehead atoms. The third-order valence-corrected chi connectivity index (χ3v) is 3.53. The van der Waals surface area contributed by atoms with E-state index in [4.69, 9.17) is 4.52 Å². The SMILES string of the molecule is CC(=O)C(C)c1nc(-c2ccc(F)c3ccccc23)no1. The smallest absolute Gasteiger partial charge is 0.237 e. The normalized spacial score (nSPS) is 12.5. The van der Waals surface area contributed by atoms with Crippen LogP contribution in [0.3, 0.4) is 0 Å². The summed E-state index contributed by atoms with van der Waals surface area (Å²) >= 11 is 0. The molecule has 3 aromatic rings. The van der Waals surface area contributed by atoms with Crippen molar-refractivity contribution in [2.24, 2.45) is 0 Å². The summed E-state index contributed by atoms with van der Waals surface area (Å²) in [5.41, 5.74) is 0.678. The molecule has 0 saturated heterocycles. The predicted octanol–water partition coefficient (Wildman–Crippen LogP) is 3.72. The zero-order chi connectivity index (χ0) is 15.0. The van der Waals surface area contributed by atoms with E-state index in [0.717, 1.165) is 0 Å². The van der Waals surface area contributed by atoms with Gasteiger partial charge in [0.1, 0.15) is 11.6 Å². The van der Waals surface area contributed by atoms with Gasteiger partial charge in [-0.25, -0.2) is 4.39 Å². The molecule has 21 heavy (non-hydrogen) atoms. The van der Waals surface area contributed by atoms with Gasteiger partial charge >= 0.3 is 0 Å². The molecule has 0 radical (unpaired) electrons. The molecule has 0 spiro atoms. The van der Waals surface area contributed by atoms with Crippen LogP contribution >= 0.6 is 0 Å². The van der Waals surface area contributed by atoms with Gasteiger partial charge in [0, 0.05) is 10.9 Å². The van der Waals surface area contributed by atoms with E-state index >= 15 is 0 Å². The summed E-state index contributed by atoms with van der Waals surface area (Å²) in [5, 5.41) is 5.12. The monoisotopic (exact) mass is 284 g/mol. The molecule has 4 nitrogen and oxygen atoms in total. The Hall–Kier alpha value is -2.56. The Labute approximate surface area is 120 Å². The van der Waals surface area contributed by atoms with Crippen LogP contribution in [-0.4, -0.2) is 15.9 Å². The molecule has 106 valence electrons. The van der Waals surface area contributed by atoms with Crippen LogP contribution in [0.2, 0.25) is 0 Å². The lowest BCUT2D eigenvalue weighted by molar-refractivity contribution is -0.118. The zero-order valence-electron chi connectivity index (χ0n) is 11.6. The number of halogens is 1. The number of benzene rings is 2. The Kier molecular flexibility index (Phi) is 3.25. The number of ketones is 1. The number of hydrogen-bond donors (Lipinski definition) is 0. The first-order chi connectivity index (χ1) is 10.1. The maximum absolute atomic E-state index is 13.8. The highest BCUT2D eigenvalue weighted by molar-refractivity contribution is 5.95. The molecule has 0 saturated carbocycles. The van der Waals surface area contributed by atoms with Gasteiger partial charge in [-0.15, -0.1) is 0 Å². The van der Waals surface area contributed by atoms with E-state index in [1.807, 2.05) is 6.07 Å². The van der Waals surface area contributed by atoms with Crippen LogP contribution in [0, 0.1) is 5.82 Å². The van der Waals surface area contributed by atoms with Crippen molar-refractivity contribution in [2.45, 2.75) is 19.8 Å². The van der Waals surface area contributed by atoms with Gasteiger partial charge in [0.2, 0.25) is 11.7 Å². The Morgan fingerprint density at radius 3 is 2.62 bits per heavy atom. The van der Waals surface area contributed by atoms with Crippen molar-refractivity contribution in [3.05, 3.63) is 48.1 Å².